The molecule has 3 atom stereocenters. The van der Waals surface area contributed by atoms with Crippen molar-refractivity contribution in [3.8, 4) is 5.75 Å². The van der Waals surface area contributed by atoms with Crippen molar-refractivity contribution >= 4 is 23.8 Å². The van der Waals surface area contributed by atoms with Crippen LogP contribution in [0.3, 0.4) is 0 Å². The van der Waals surface area contributed by atoms with Crippen molar-refractivity contribution in [2.24, 2.45) is 0 Å². The van der Waals surface area contributed by atoms with E-state index >= 15 is 0 Å². The molecular formula is C40H42N6O7. The number of rotatable bonds is 19. The molecule has 0 spiro atoms. The summed E-state index contributed by atoms with van der Waals surface area (Å²) in [6.45, 7) is 0.431. The summed E-state index contributed by atoms with van der Waals surface area (Å²) < 4.78 is 11.5. The van der Waals surface area contributed by atoms with E-state index < -0.39 is 41.9 Å². The Labute approximate surface area is 307 Å². The lowest BCUT2D eigenvalue weighted by Gasteiger charge is -2.25. The third kappa shape index (κ3) is 12.7. The van der Waals surface area contributed by atoms with Gasteiger partial charge in [-0.05, 0) is 34.4 Å². The minimum absolute atomic E-state index is 0.00469. The lowest BCUT2D eigenvalue weighted by molar-refractivity contribution is -0.144. The number of amides is 4. The summed E-state index contributed by atoms with van der Waals surface area (Å²) in [7, 11) is 0. The van der Waals surface area contributed by atoms with Gasteiger partial charge in [-0.25, -0.2) is 14.6 Å². The van der Waals surface area contributed by atoms with Gasteiger partial charge < -0.3 is 40.8 Å². The standard InChI is InChI=1S/C40H42N6O7/c47-37(45-36(39(49)50)26-52-24-30-12-6-2-7-13-30)34(20-28-16-18-33(19-17-28)53-25-31-14-8-3-9-15-31)44-38(48)35(21-32-23-41-27-43-32)46-40(51)42-22-29-10-4-1-5-11-29/h1-19,23,27,34-36H,20-22,24-26H2,(H,41,43)(H,44,48)(H,45,47)(H,49,50)(H2,42,46,51)/t34-,35-,36-/m0/s1. The highest BCUT2D eigenvalue weighted by Crippen LogP contribution is 2.16. The lowest BCUT2D eigenvalue weighted by atomic mass is 10.0. The van der Waals surface area contributed by atoms with Gasteiger partial charge in [0.2, 0.25) is 11.8 Å². The van der Waals surface area contributed by atoms with Crippen LogP contribution in [0.25, 0.3) is 0 Å². The number of aromatic nitrogens is 2. The Bertz CT molecular complexity index is 1880. The van der Waals surface area contributed by atoms with E-state index in [1.165, 1.54) is 12.5 Å². The van der Waals surface area contributed by atoms with Crippen LogP contribution in [0.1, 0.15) is 27.9 Å². The zero-order valence-corrected chi connectivity index (χ0v) is 28.9. The molecule has 0 bridgehead atoms. The Balaban J connectivity index is 1.29. The average Bonchev–Trinajstić information content (AvgIpc) is 3.70. The molecule has 274 valence electrons. The maximum Gasteiger partial charge on any atom is 0.328 e. The zero-order valence-electron chi connectivity index (χ0n) is 28.9. The van der Waals surface area contributed by atoms with Crippen LogP contribution in [0.5, 0.6) is 5.75 Å². The van der Waals surface area contributed by atoms with Gasteiger partial charge in [-0.15, -0.1) is 0 Å². The summed E-state index contributed by atoms with van der Waals surface area (Å²) in [5.74, 6) is -2.10. The number of aliphatic carboxylic acids is 1. The zero-order chi connectivity index (χ0) is 37.3. The molecule has 0 aliphatic heterocycles. The van der Waals surface area contributed by atoms with Crippen molar-refractivity contribution in [2.75, 3.05) is 6.61 Å². The van der Waals surface area contributed by atoms with Crippen molar-refractivity contribution in [3.05, 3.63) is 156 Å². The van der Waals surface area contributed by atoms with Crippen LogP contribution in [-0.2, 0) is 51.7 Å². The second-order valence-electron chi connectivity index (χ2n) is 12.2. The molecule has 4 amide bonds. The van der Waals surface area contributed by atoms with Crippen LogP contribution in [0.15, 0.2) is 128 Å². The highest BCUT2D eigenvalue weighted by molar-refractivity contribution is 5.93. The Hall–Kier alpha value is -6.47. The van der Waals surface area contributed by atoms with E-state index in [0.29, 0.717) is 23.6 Å². The molecule has 6 N–H and O–H groups in total. The van der Waals surface area contributed by atoms with Gasteiger partial charge in [0.1, 0.15) is 24.4 Å². The molecule has 0 saturated heterocycles. The number of carboxylic acid groups (broad SMARTS) is 1. The molecular weight excluding hydrogens is 676 g/mol. The molecule has 0 saturated carbocycles. The SMILES string of the molecule is O=C(NCc1ccccc1)N[C@@H](Cc1cnc[nH]1)C(=O)N[C@@H](Cc1ccc(OCc2ccccc2)cc1)C(=O)N[C@@H](COCc1ccccc1)C(=O)O. The number of ether oxygens (including phenoxy) is 2. The van der Waals surface area contributed by atoms with Crippen molar-refractivity contribution < 1.29 is 33.8 Å². The summed E-state index contributed by atoms with van der Waals surface area (Å²) in [6.07, 6.45) is 3.03. The molecule has 53 heavy (non-hydrogen) atoms. The van der Waals surface area contributed by atoms with Gasteiger partial charge in [0, 0.05) is 31.3 Å². The molecule has 0 aliphatic carbocycles. The fraction of sp³-hybridized carbons (Fsp3) is 0.225. The number of hydrogen-bond acceptors (Lipinski definition) is 7. The number of urea groups is 1. The number of benzene rings is 4. The van der Waals surface area contributed by atoms with E-state index in [1.54, 1.807) is 24.3 Å². The van der Waals surface area contributed by atoms with Gasteiger partial charge in [-0.3, -0.25) is 9.59 Å². The summed E-state index contributed by atoms with van der Waals surface area (Å²) in [4.78, 5) is 59.8. The third-order valence-electron chi connectivity index (χ3n) is 8.15. The maximum absolute atomic E-state index is 13.9. The van der Waals surface area contributed by atoms with Crippen LogP contribution in [0.4, 0.5) is 4.79 Å². The topological polar surface area (TPSA) is 184 Å². The van der Waals surface area contributed by atoms with Gasteiger partial charge >= 0.3 is 12.0 Å². The number of carbonyl (C=O) groups excluding carboxylic acids is 3. The van der Waals surface area contributed by atoms with Crippen LogP contribution in [0.2, 0.25) is 0 Å². The highest BCUT2D eigenvalue weighted by atomic mass is 16.5. The number of hydrogen-bond donors (Lipinski definition) is 6. The van der Waals surface area contributed by atoms with Crippen molar-refractivity contribution in [2.45, 2.75) is 50.7 Å². The van der Waals surface area contributed by atoms with Crippen molar-refractivity contribution in [1.29, 1.82) is 0 Å². The predicted molar refractivity (Wildman–Crippen MR) is 196 cm³/mol. The molecule has 1 heterocycles. The molecule has 1 aromatic heterocycles. The second kappa shape index (κ2) is 19.8. The molecule has 5 rings (SSSR count). The molecule has 0 radical (unpaired) electrons. The Morgan fingerprint density at radius 1 is 0.642 bits per heavy atom. The van der Waals surface area contributed by atoms with Gasteiger partial charge in [0.15, 0.2) is 6.04 Å². The number of aromatic amines is 1. The summed E-state index contributed by atoms with van der Waals surface area (Å²) >= 11 is 0. The highest BCUT2D eigenvalue weighted by Gasteiger charge is 2.30. The van der Waals surface area contributed by atoms with E-state index in [9.17, 15) is 24.3 Å². The van der Waals surface area contributed by atoms with Crippen LogP contribution in [0, 0.1) is 0 Å². The summed E-state index contributed by atoms with van der Waals surface area (Å²) in [6, 6.07) is 30.9. The van der Waals surface area contributed by atoms with Gasteiger partial charge in [0.05, 0.1) is 19.5 Å². The van der Waals surface area contributed by atoms with Crippen LogP contribution >= 0.6 is 0 Å². The molecule has 0 aliphatic rings. The number of carbonyl (C=O) groups is 4. The maximum atomic E-state index is 13.9. The van der Waals surface area contributed by atoms with E-state index in [0.717, 1.165) is 16.7 Å². The fourth-order valence-electron chi connectivity index (χ4n) is 5.31. The predicted octanol–water partition coefficient (Wildman–Crippen LogP) is 3.91. The molecule has 13 heteroatoms. The molecule has 0 unspecified atom stereocenters. The lowest BCUT2D eigenvalue weighted by Crippen LogP contribution is -2.58. The number of carboxylic acids is 1. The number of nitrogens with one attached hydrogen (secondary N) is 5. The van der Waals surface area contributed by atoms with Crippen LogP contribution in [-0.4, -0.2) is 63.6 Å². The summed E-state index contributed by atoms with van der Waals surface area (Å²) in [5.41, 5.74) is 3.95. The number of H-pyrrole nitrogens is 1. The minimum atomic E-state index is -1.40. The second-order valence-corrected chi connectivity index (χ2v) is 12.2. The first kappa shape index (κ1) is 37.8. The van der Waals surface area contributed by atoms with Crippen molar-refractivity contribution in [3.63, 3.8) is 0 Å². The van der Waals surface area contributed by atoms with E-state index in [-0.39, 0.29) is 32.6 Å². The number of nitrogens with zero attached hydrogens (tertiary/aromatic N) is 1. The Morgan fingerprint density at radius 2 is 1.21 bits per heavy atom. The first-order valence-electron chi connectivity index (χ1n) is 17.1. The van der Waals surface area contributed by atoms with Gasteiger partial charge in [-0.2, -0.15) is 0 Å². The Kier molecular flexibility index (Phi) is 14.1. The summed E-state index contributed by atoms with van der Waals surface area (Å²) in [5, 5.41) is 20.7. The minimum Gasteiger partial charge on any atom is -0.489 e. The average molecular weight is 719 g/mol. The normalized spacial score (nSPS) is 12.5. The monoisotopic (exact) mass is 718 g/mol. The van der Waals surface area contributed by atoms with Crippen LogP contribution < -0.4 is 26.0 Å². The van der Waals surface area contributed by atoms with E-state index in [2.05, 4.69) is 31.2 Å². The molecule has 13 nitrogen and oxygen atoms in total. The van der Waals surface area contributed by atoms with Gasteiger partial charge in [-0.1, -0.05) is 103 Å². The smallest absolute Gasteiger partial charge is 0.328 e. The van der Waals surface area contributed by atoms with Gasteiger partial charge in [0.25, 0.3) is 0 Å². The fourth-order valence-corrected chi connectivity index (χ4v) is 5.31. The van der Waals surface area contributed by atoms with E-state index in [4.69, 9.17) is 9.47 Å². The quantitative estimate of drug-likeness (QED) is 0.0743. The van der Waals surface area contributed by atoms with E-state index in [1.807, 2.05) is 91.0 Å². The van der Waals surface area contributed by atoms with Crippen molar-refractivity contribution in [1.82, 2.24) is 31.2 Å². The third-order valence-corrected chi connectivity index (χ3v) is 8.15. The number of imidazole rings is 1. The first-order valence-corrected chi connectivity index (χ1v) is 17.1. The molecule has 4 aromatic carbocycles. The molecule has 0 fully saturated rings. The first-order chi connectivity index (χ1) is 25.8. The molecule has 5 aromatic rings. The largest absolute Gasteiger partial charge is 0.489 e. The Morgan fingerprint density at radius 3 is 1.79 bits per heavy atom.